The summed E-state index contributed by atoms with van der Waals surface area (Å²) in [6, 6.07) is 3.49. The molecular formula is C10H9ClO2S. The maximum Gasteiger partial charge on any atom is 0.133 e. The van der Waals surface area contributed by atoms with Gasteiger partial charge in [-0.05, 0) is 28.6 Å². The van der Waals surface area contributed by atoms with Gasteiger partial charge in [-0.3, -0.25) is 0 Å². The Morgan fingerprint density at radius 1 is 1.43 bits per heavy atom. The monoisotopic (exact) mass is 228 g/mol. The van der Waals surface area contributed by atoms with Gasteiger partial charge in [0.2, 0.25) is 0 Å². The van der Waals surface area contributed by atoms with Gasteiger partial charge >= 0.3 is 0 Å². The van der Waals surface area contributed by atoms with Crippen molar-refractivity contribution in [3.05, 3.63) is 28.6 Å². The minimum Gasteiger partial charge on any atom is -0.506 e. The minimum absolute atomic E-state index is 0.0958. The van der Waals surface area contributed by atoms with Crippen molar-refractivity contribution in [3.63, 3.8) is 0 Å². The predicted molar refractivity (Wildman–Crippen MR) is 59.0 cm³/mol. The molecule has 1 aromatic carbocycles. The average molecular weight is 229 g/mol. The summed E-state index contributed by atoms with van der Waals surface area (Å²) in [6.45, 7) is -0.0958. The number of rotatable bonds is 2. The largest absolute Gasteiger partial charge is 0.506 e. The number of aliphatic hydroxyl groups excluding tert-OH is 1. The minimum atomic E-state index is -0.0958. The predicted octanol–water partition coefficient (Wildman–Crippen LogP) is 2.84. The summed E-state index contributed by atoms with van der Waals surface area (Å²) in [5.41, 5.74) is 1.60. The highest BCUT2D eigenvalue weighted by Gasteiger charge is 2.11. The van der Waals surface area contributed by atoms with E-state index in [9.17, 15) is 5.11 Å². The third kappa shape index (κ3) is 1.38. The summed E-state index contributed by atoms with van der Waals surface area (Å²) < 4.78 is 0.831. The van der Waals surface area contributed by atoms with Gasteiger partial charge in [-0.15, -0.1) is 22.9 Å². The number of alkyl halides is 1. The molecule has 0 bridgehead atoms. The Kier molecular flexibility index (Phi) is 2.63. The highest BCUT2D eigenvalue weighted by Crippen LogP contribution is 2.35. The van der Waals surface area contributed by atoms with Crippen molar-refractivity contribution < 1.29 is 10.2 Å². The Morgan fingerprint density at radius 2 is 2.21 bits per heavy atom. The Morgan fingerprint density at radius 3 is 2.86 bits per heavy atom. The number of benzene rings is 1. The first-order chi connectivity index (χ1) is 6.77. The van der Waals surface area contributed by atoms with Gasteiger partial charge in [-0.1, -0.05) is 0 Å². The van der Waals surface area contributed by atoms with Gasteiger partial charge in [-0.25, -0.2) is 0 Å². The van der Waals surface area contributed by atoms with Crippen LogP contribution in [0.3, 0.4) is 0 Å². The van der Waals surface area contributed by atoms with E-state index in [1.165, 1.54) is 11.3 Å². The Balaban J connectivity index is 2.82. The van der Waals surface area contributed by atoms with E-state index in [1.807, 2.05) is 11.4 Å². The maximum absolute atomic E-state index is 9.65. The van der Waals surface area contributed by atoms with Crippen LogP contribution in [0.5, 0.6) is 5.75 Å². The Bertz CT molecular complexity index is 464. The average Bonchev–Trinajstić information content (AvgIpc) is 2.66. The number of aromatic hydroxyl groups is 1. The first kappa shape index (κ1) is 9.77. The second-order valence-electron chi connectivity index (χ2n) is 2.99. The molecule has 2 nitrogen and oxygen atoms in total. The number of halogens is 1. The standard InChI is InChI=1S/C10H9ClO2S/c11-4-8-6(5-12)3-9(13)10-7(8)1-2-14-10/h1-3,12-13H,4-5H2. The summed E-state index contributed by atoms with van der Waals surface area (Å²) in [5, 5.41) is 21.6. The lowest BCUT2D eigenvalue weighted by Gasteiger charge is -2.07. The molecule has 2 aromatic rings. The lowest BCUT2D eigenvalue weighted by atomic mass is 10.0. The second kappa shape index (κ2) is 3.77. The zero-order valence-corrected chi connectivity index (χ0v) is 8.90. The first-order valence-electron chi connectivity index (χ1n) is 4.15. The van der Waals surface area contributed by atoms with E-state index < -0.39 is 0 Å². The molecule has 1 aromatic heterocycles. The number of fused-ring (bicyclic) bond motifs is 1. The van der Waals surface area contributed by atoms with E-state index in [2.05, 4.69) is 0 Å². The second-order valence-corrected chi connectivity index (χ2v) is 4.17. The fourth-order valence-electron chi connectivity index (χ4n) is 1.53. The number of hydrogen-bond acceptors (Lipinski definition) is 3. The van der Waals surface area contributed by atoms with Crippen LogP contribution in [0, 0.1) is 0 Å². The SMILES string of the molecule is OCc1cc(O)c2sccc2c1CCl. The Hall–Kier alpha value is -0.770. The van der Waals surface area contributed by atoms with E-state index in [1.54, 1.807) is 6.07 Å². The molecule has 2 rings (SSSR count). The zero-order chi connectivity index (χ0) is 10.1. The molecule has 1 heterocycles. The van der Waals surface area contributed by atoms with E-state index >= 15 is 0 Å². The molecule has 0 radical (unpaired) electrons. The maximum atomic E-state index is 9.65. The van der Waals surface area contributed by atoms with Crippen molar-refractivity contribution in [3.8, 4) is 5.75 Å². The molecule has 2 N–H and O–H groups in total. The van der Waals surface area contributed by atoms with Gasteiger partial charge in [0.25, 0.3) is 0 Å². The number of aliphatic hydroxyl groups is 1. The van der Waals surface area contributed by atoms with Crippen molar-refractivity contribution in [2.75, 3.05) is 0 Å². The van der Waals surface area contributed by atoms with Crippen molar-refractivity contribution >= 4 is 33.0 Å². The van der Waals surface area contributed by atoms with Gasteiger partial charge in [-0.2, -0.15) is 0 Å². The summed E-state index contributed by atoms with van der Waals surface area (Å²) in [4.78, 5) is 0. The fraction of sp³-hybridized carbons (Fsp3) is 0.200. The van der Waals surface area contributed by atoms with E-state index in [4.69, 9.17) is 16.7 Å². The molecule has 0 atom stereocenters. The molecular weight excluding hydrogens is 220 g/mol. The third-order valence-electron chi connectivity index (χ3n) is 2.23. The summed E-state index contributed by atoms with van der Waals surface area (Å²) in [6.07, 6.45) is 0. The zero-order valence-electron chi connectivity index (χ0n) is 7.33. The van der Waals surface area contributed by atoms with Gasteiger partial charge < -0.3 is 10.2 Å². The van der Waals surface area contributed by atoms with Gasteiger partial charge in [0.15, 0.2) is 0 Å². The lowest BCUT2D eigenvalue weighted by Crippen LogP contribution is -1.91. The highest BCUT2D eigenvalue weighted by atomic mass is 35.5. The van der Waals surface area contributed by atoms with E-state index in [0.717, 1.165) is 15.6 Å². The van der Waals surface area contributed by atoms with Gasteiger partial charge in [0, 0.05) is 11.3 Å². The summed E-state index contributed by atoms with van der Waals surface area (Å²) in [5.74, 6) is 0.566. The summed E-state index contributed by atoms with van der Waals surface area (Å²) >= 11 is 7.28. The molecule has 0 fully saturated rings. The van der Waals surface area contributed by atoms with Crippen LogP contribution in [0.1, 0.15) is 11.1 Å². The summed E-state index contributed by atoms with van der Waals surface area (Å²) in [7, 11) is 0. The molecule has 0 spiro atoms. The number of phenols is 1. The molecule has 0 aliphatic heterocycles. The normalized spacial score (nSPS) is 11.0. The molecule has 0 aliphatic carbocycles. The van der Waals surface area contributed by atoms with Crippen molar-refractivity contribution in [1.29, 1.82) is 0 Å². The lowest BCUT2D eigenvalue weighted by molar-refractivity contribution is 0.280. The van der Waals surface area contributed by atoms with Gasteiger partial charge in [0.1, 0.15) is 5.75 Å². The van der Waals surface area contributed by atoms with Crippen LogP contribution in [0.15, 0.2) is 17.5 Å². The van der Waals surface area contributed by atoms with Crippen molar-refractivity contribution in [1.82, 2.24) is 0 Å². The van der Waals surface area contributed by atoms with Crippen LogP contribution in [-0.2, 0) is 12.5 Å². The van der Waals surface area contributed by atoms with E-state index in [-0.39, 0.29) is 12.4 Å². The van der Waals surface area contributed by atoms with Crippen LogP contribution < -0.4 is 0 Å². The van der Waals surface area contributed by atoms with Crippen molar-refractivity contribution in [2.45, 2.75) is 12.5 Å². The van der Waals surface area contributed by atoms with E-state index in [0.29, 0.717) is 11.4 Å². The fourth-order valence-corrected chi connectivity index (χ4v) is 2.69. The highest BCUT2D eigenvalue weighted by molar-refractivity contribution is 7.17. The topological polar surface area (TPSA) is 40.5 Å². The quantitative estimate of drug-likeness (QED) is 0.776. The molecule has 0 unspecified atom stereocenters. The molecule has 4 heteroatoms. The molecule has 0 saturated heterocycles. The van der Waals surface area contributed by atoms with Gasteiger partial charge in [0.05, 0.1) is 11.3 Å². The Labute approximate surface area is 90.4 Å². The molecule has 74 valence electrons. The molecule has 14 heavy (non-hydrogen) atoms. The smallest absolute Gasteiger partial charge is 0.133 e. The van der Waals surface area contributed by atoms with Crippen LogP contribution in [0.2, 0.25) is 0 Å². The van der Waals surface area contributed by atoms with Crippen molar-refractivity contribution in [2.24, 2.45) is 0 Å². The van der Waals surface area contributed by atoms with Crippen LogP contribution in [-0.4, -0.2) is 10.2 Å². The molecule has 0 aliphatic rings. The number of thiophene rings is 1. The van der Waals surface area contributed by atoms with Crippen LogP contribution in [0.4, 0.5) is 0 Å². The third-order valence-corrected chi connectivity index (χ3v) is 3.43. The van der Waals surface area contributed by atoms with Crippen LogP contribution in [0.25, 0.3) is 10.1 Å². The number of phenolic OH excluding ortho intramolecular Hbond substituents is 1. The molecule has 0 amide bonds. The number of hydrogen-bond donors (Lipinski definition) is 2. The first-order valence-corrected chi connectivity index (χ1v) is 5.57. The van der Waals surface area contributed by atoms with Crippen LogP contribution >= 0.6 is 22.9 Å². The molecule has 0 saturated carbocycles.